The number of hydrogen-bond acceptors (Lipinski definition) is 6. The van der Waals surface area contributed by atoms with Gasteiger partial charge in [-0.3, -0.25) is 14.4 Å². The largest absolute Gasteiger partial charge is 0.462 e. The molecular weight excluding hydrogens is 1020 g/mol. The summed E-state index contributed by atoms with van der Waals surface area (Å²) in [7, 11) is 0. The van der Waals surface area contributed by atoms with Crippen LogP contribution in [-0.2, 0) is 28.6 Å². The number of allylic oxidation sites excluding steroid dienone is 20. The summed E-state index contributed by atoms with van der Waals surface area (Å²) in [6.07, 6.45) is 97.8. The summed E-state index contributed by atoms with van der Waals surface area (Å²) in [5.41, 5.74) is 0. The molecule has 6 nitrogen and oxygen atoms in total. The molecule has 0 bridgehead atoms. The predicted molar refractivity (Wildman–Crippen MR) is 362 cm³/mol. The molecule has 0 heterocycles. The zero-order valence-electron chi connectivity index (χ0n) is 54.4. The van der Waals surface area contributed by atoms with Crippen LogP contribution in [-0.4, -0.2) is 37.2 Å². The fourth-order valence-corrected chi connectivity index (χ4v) is 9.68. The van der Waals surface area contributed by atoms with Crippen molar-refractivity contribution in [2.75, 3.05) is 13.2 Å². The smallest absolute Gasteiger partial charge is 0.306 e. The number of unbranched alkanes of at least 4 members (excludes halogenated alkanes) is 32. The fraction of sp³-hybridized carbons (Fsp3) is 0.701. The number of rotatable bonds is 63. The summed E-state index contributed by atoms with van der Waals surface area (Å²) < 4.78 is 17.0. The maximum atomic E-state index is 13.0. The molecule has 0 amide bonds. The van der Waals surface area contributed by atoms with Crippen molar-refractivity contribution in [1.82, 2.24) is 0 Å². The van der Waals surface area contributed by atoms with Crippen molar-refractivity contribution < 1.29 is 28.6 Å². The average Bonchev–Trinajstić information content (AvgIpc) is 3.49. The molecule has 0 saturated carbocycles. The van der Waals surface area contributed by atoms with E-state index in [9.17, 15) is 14.4 Å². The number of carbonyl (C=O) groups excluding carboxylic acids is 3. The molecule has 0 aromatic carbocycles. The van der Waals surface area contributed by atoms with Crippen LogP contribution in [0.3, 0.4) is 0 Å². The Hall–Kier alpha value is -4.19. The quantitative estimate of drug-likeness (QED) is 0.0261. The van der Waals surface area contributed by atoms with Crippen molar-refractivity contribution in [3.8, 4) is 0 Å². The number of carbonyl (C=O) groups is 3. The molecule has 0 aliphatic carbocycles. The first-order valence-electron chi connectivity index (χ1n) is 35.0. The molecule has 0 spiro atoms. The van der Waals surface area contributed by atoms with Gasteiger partial charge >= 0.3 is 17.9 Å². The van der Waals surface area contributed by atoms with Crippen molar-refractivity contribution in [1.29, 1.82) is 0 Å². The lowest BCUT2D eigenvalue weighted by Gasteiger charge is -2.18. The minimum Gasteiger partial charge on any atom is -0.462 e. The number of esters is 3. The summed E-state index contributed by atoms with van der Waals surface area (Å²) in [5, 5.41) is 0. The molecule has 1 atom stereocenters. The highest BCUT2D eigenvalue weighted by atomic mass is 16.6. The predicted octanol–water partition coefficient (Wildman–Crippen LogP) is 24.3. The molecule has 0 aliphatic heterocycles. The lowest BCUT2D eigenvalue weighted by molar-refractivity contribution is -0.167. The molecule has 1 unspecified atom stereocenters. The third-order valence-electron chi connectivity index (χ3n) is 14.9. The van der Waals surface area contributed by atoms with E-state index < -0.39 is 6.10 Å². The maximum absolute atomic E-state index is 13.0. The summed E-state index contributed by atoms with van der Waals surface area (Å²) in [6.45, 7) is 6.51. The van der Waals surface area contributed by atoms with Gasteiger partial charge in [0, 0.05) is 19.3 Å². The Morgan fingerprint density at radius 2 is 0.470 bits per heavy atom. The third kappa shape index (κ3) is 68.5. The molecule has 0 aliphatic rings. The van der Waals surface area contributed by atoms with E-state index in [0.717, 1.165) is 122 Å². The second-order valence-electron chi connectivity index (χ2n) is 23.1. The van der Waals surface area contributed by atoms with Gasteiger partial charge in [0.1, 0.15) is 13.2 Å². The monoisotopic (exact) mass is 1150 g/mol. The highest BCUT2D eigenvalue weighted by Gasteiger charge is 2.19. The van der Waals surface area contributed by atoms with E-state index in [4.69, 9.17) is 14.2 Å². The van der Waals surface area contributed by atoms with E-state index in [-0.39, 0.29) is 31.1 Å². The van der Waals surface area contributed by atoms with E-state index in [1.807, 2.05) is 0 Å². The van der Waals surface area contributed by atoms with E-state index in [1.165, 1.54) is 167 Å². The normalized spacial score (nSPS) is 12.9. The number of ether oxygens (including phenoxy) is 3. The molecule has 0 N–H and O–H groups in total. The van der Waals surface area contributed by atoms with E-state index in [2.05, 4.69) is 142 Å². The summed E-state index contributed by atoms with van der Waals surface area (Å²) in [4.78, 5) is 38.5. The molecule has 0 saturated heterocycles. The first kappa shape index (κ1) is 78.8. The second kappa shape index (κ2) is 70.3. The van der Waals surface area contributed by atoms with E-state index in [1.54, 1.807) is 0 Å². The first-order chi connectivity index (χ1) is 41.0. The van der Waals surface area contributed by atoms with Gasteiger partial charge in [0.2, 0.25) is 0 Å². The molecule has 6 heteroatoms. The van der Waals surface area contributed by atoms with Crippen molar-refractivity contribution in [2.45, 2.75) is 335 Å². The van der Waals surface area contributed by atoms with Gasteiger partial charge in [-0.2, -0.15) is 0 Å². The lowest BCUT2D eigenvalue weighted by Crippen LogP contribution is -2.30. The molecule has 474 valence electrons. The van der Waals surface area contributed by atoms with E-state index in [0.29, 0.717) is 19.3 Å². The van der Waals surface area contributed by atoms with Gasteiger partial charge in [-0.15, -0.1) is 0 Å². The molecule has 0 fully saturated rings. The van der Waals surface area contributed by atoms with Crippen LogP contribution >= 0.6 is 0 Å². The number of hydrogen-bond donors (Lipinski definition) is 0. The van der Waals surface area contributed by atoms with Gasteiger partial charge in [0.25, 0.3) is 0 Å². The zero-order chi connectivity index (χ0) is 59.9. The molecule has 83 heavy (non-hydrogen) atoms. The summed E-state index contributed by atoms with van der Waals surface area (Å²) in [6, 6.07) is 0. The molecule has 0 aromatic heterocycles. The van der Waals surface area contributed by atoms with Gasteiger partial charge < -0.3 is 14.2 Å². The van der Waals surface area contributed by atoms with E-state index >= 15 is 0 Å². The SMILES string of the molecule is CC/C=C\C/C=C\C/C=C\C/C=C\C/C=C\C/C=C\CCCCCCC(=O)OCC(COC(=O)CCCCCCCCCCC/C=C\C/C=C\CCCCCCC)OC(=O)CCCCCCCCCCC/C=C\C/C=C\CCCCCCC. The second-order valence-corrected chi connectivity index (χ2v) is 23.1. The van der Waals surface area contributed by atoms with Crippen LogP contribution in [0.25, 0.3) is 0 Å². The van der Waals surface area contributed by atoms with Crippen LogP contribution in [0.15, 0.2) is 122 Å². The highest BCUT2D eigenvalue weighted by molar-refractivity contribution is 5.71. The standard InChI is InChI=1S/C77H130O6/c1-4-7-10-13-16-19-22-25-28-31-34-37-38-41-43-46-49-52-55-58-61-64-67-70-76(79)82-73-74(83-77(80)71-68-65-62-59-56-53-50-47-44-40-36-33-30-27-24-21-18-15-12-9-6-3)72-81-75(78)69-66-63-60-57-54-51-48-45-42-39-35-32-29-26-23-20-17-14-11-8-5-2/h7,10,16,19,23-28,32-37,41,43,49,52,74H,4-6,8-9,11-15,17-18,20-22,29-31,38-40,42,44-48,50-51,53-73H2,1-3H3/b10-7-,19-16-,26-23-,27-24-,28-25-,35-32-,36-33-,37-34-,43-41-,52-49-. The summed E-state index contributed by atoms with van der Waals surface area (Å²) in [5.74, 6) is -0.915. The van der Waals surface area contributed by atoms with Crippen LogP contribution in [0.5, 0.6) is 0 Å². The Kier molecular flexibility index (Phi) is 66.7. The first-order valence-corrected chi connectivity index (χ1v) is 35.0. The molecule has 0 aromatic rings. The van der Waals surface area contributed by atoms with Crippen LogP contribution in [0, 0.1) is 0 Å². The van der Waals surface area contributed by atoms with Crippen LogP contribution in [0.4, 0.5) is 0 Å². The highest BCUT2D eigenvalue weighted by Crippen LogP contribution is 2.16. The van der Waals surface area contributed by atoms with Crippen LogP contribution in [0.2, 0.25) is 0 Å². The van der Waals surface area contributed by atoms with Crippen LogP contribution in [0.1, 0.15) is 329 Å². The van der Waals surface area contributed by atoms with Gasteiger partial charge in [-0.05, 0) is 135 Å². The van der Waals surface area contributed by atoms with Gasteiger partial charge in [0.15, 0.2) is 6.10 Å². The van der Waals surface area contributed by atoms with Crippen molar-refractivity contribution in [3.05, 3.63) is 122 Å². The Morgan fingerprint density at radius 3 is 0.735 bits per heavy atom. The third-order valence-corrected chi connectivity index (χ3v) is 14.9. The van der Waals surface area contributed by atoms with Crippen molar-refractivity contribution in [2.24, 2.45) is 0 Å². The van der Waals surface area contributed by atoms with Gasteiger partial charge in [-0.1, -0.05) is 296 Å². The average molecular weight is 1150 g/mol. The van der Waals surface area contributed by atoms with Crippen molar-refractivity contribution >= 4 is 17.9 Å². The Morgan fingerprint density at radius 1 is 0.253 bits per heavy atom. The topological polar surface area (TPSA) is 78.9 Å². The maximum Gasteiger partial charge on any atom is 0.306 e. The summed E-state index contributed by atoms with van der Waals surface area (Å²) >= 11 is 0. The molecular formula is C77H130O6. The minimum atomic E-state index is -0.799. The Labute approximate surface area is 513 Å². The van der Waals surface area contributed by atoms with Gasteiger partial charge in [0.05, 0.1) is 0 Å². The zero-order valence-corrected chi connectivity index (χ0v) is 54.4. The van der Waals surface area contributed by atoms with Crippen LogP contribution < -0.4 is 0 Å². The van der Waals surface area contributed by atoms with Gasteiger partial charge in [-0.25, -0.2) is 0 Å². The van der Waals surface area contributed by atoms with Crippen molar-refractivity contribution in [3.63, 3.8) is 0 Å². The minimum absolute atomic E-state index is 0.0918. The Bertz CT molecular complexity index is 1700. The molecule has 0 radical (unpaired) electrons. The fourth-order valence-electron chi connectivity index (χ4n) is 9.68. The Balaban J connectivity index is 4.46. The lowest BCUT2D eigenvalue weighted by atomic mass is 10.1. The molecule has 0 rings (SSSR count).